The molecule has 1 rings (SSSR count). The molecule has 0 aliphatic rings. The Kier molecular flexibility index (Phi) is 5.17. The second-order valence-corrected chi connectivity index (χ2v) is 3.64. The van der Waals surface area contributed by atoms with Crippen LogP contribution in [-0.2, 0) is 4.79 Å². The summed E-state index contributed by atoms with van der Waals surface area (Å²) < 4.78 is 25.5. The Morgan fingerprint density at radius 3 is 2.56 bits per heavy atom. The minimum atomic E-state index is -1.07. The molecule has 0 fully saturated rings. The third-order valence-electron chi connectivity index (χ3n) is 2.26. The van der Waals surface area contributed by atoms with Crippen LogP contribution in [0.1, 0.15) is 23.2 Å². The lowest BCUT2D eigenvalue weighted by Gasteiger charge is -2.03. The summed E-state index contributed by atoms with van der Waals surface area (Å²) in [6.45, 7) is 3.77. The topological polar surface area (TPSA) is 46.2 Å². The van der Waals surface area contributed by atoms with E-state index in [-0.39, 0.29) is 24.3 Å². The molecule has 0 bridgehead atoms. The summed E-state index contributed by atoms with van der Waals surface area (Å²) >= 11 is 0. The first-order chi connectivity index (χ1) is 8.54. The Bertz CT molecular complexity index is 472. The van der Waals surface area contributed by atoms with Crippen molar-refractivity contribution in [3.05, 3.63) is 48.1 Å². The molecule has 0 unspecified atom stereocenters. The molecule has 1 N–H and O–H groups in total. The lowest BCUT2D eigenvalue weighted by Crippen LogP contribution is -2.23. The molecule has 96 valence electrons. The molecular weight excluding hydrogens is 240 g/mol. The average Bonchev–Trinajstić information content (AvgIpc) is 2.36. The van der Waals surface area contributed by atoms with E-state index in [4.69, 9.17) is 0 Å². The SMILES string of the molecule is C=CCNC(=O)CCC(=O)c1ccc(F)c(F)c1. The molecule has 0 heterocycles. The summed E-state index contributed by atoms with van der Waals surface area (Å²) in [5, 5.41) is 2.52. The lowest BCUT2D eigenvalue weighted by atomic mass is 10.1. The number of Topliss-reactive ketones (excluding diaryl/α,β-unsaturated/α-hetero) is 1. The molecule has 0 radical (unpaired) electrons. The Balaban J connectivity index is 2.52. The number of hydrogen-bond donors (Lipinski definition) is 1. The van der Waals surface area contributed by atoms with Crippen molar-refractivity contribution in [3.8, 4) is 0 Å². The van der Waals surface area contributed by atoms with E-state index in [1.807, 2.05) is 0 Å². The van der Waals surface area contributed by atoms with Gasteiger partial charge in [-0.25, -0.2) is 8.78 Å². The Hall–Kier alpha value is -2.04. The first-order valence-electron chi connectivity index (χ1n) is 5.40. The van der Waals surface area contributed by atoms with E-state index in [9.17, 15) is 18.4 Å². The fourth-order valence-corrected chi connectivity index (χ4v) is 1.32. The fraction of sp³-hybridized carbons (Fsp3) is 0.231. The summed E-state index contributed by atoms with van der Waals surface area (Å²) in [6.07, 6.45) is 1.48. The quantitative estimate of drug-likeness (QED) is 0.624. The zero-order valence-electron chi connectivity index (χ0n) is 9.71. The largest absolute Gasteiger partial charge is 0.353 e. The Labute approximate surface area is 104 Å². The van der Waals surface area contributed by atoms with Crippen LogP contribution in [0.15, 0.2) is 30.9 Å². The summed E-state index contributed by atoms with van der Waals surface area (Å²) in [7, 11) is 0. The summed E-state index contributed by atoms with van der Waals surface area (Å²) in [5.41, 5.74) is 0.0606. The van der Waals surface area contributed by atoms with E-state index in [1.54, 1.807) is 0 Å². The van der Waals surface area contributed by atoms with Gasteiger partial charge in [-0.2, -0.15) is 0 Å². The zero-order valence-corrected chi connectivity index (χ0v) is 9.71. The molecule has 0 saturated carbocycles. The average molecular weight is 253 g/mol. The molecule has 0 aliphatic heterocycles. The van der Waals surface area contributed by atoms with Gasteiger partial charge >= 0.3 is 0 Å². The van der Waals surface area contributed by atoms with Crippen LogP contribution in [0, 0.1) is 11.6 Å². The van der Waals surface area contributed by atoms with Crippen LogP contribution in [0.3, 0.4) is 0 Å². The number of rotatable bonds is 6. The predicted molar refractivity (Wildman–Crippen MR) is 63.1 cm³/mol. The van der Waals surface area contributed by atoms with Gasteiger partial charge in [-0.05, 0) is 18.2 Å². The number of nitrogens with one attached hydrogen (secondary N) is 1. The van der Waals surface area contributed by atoms with Crippen LogP contribution in [0.25, 0.3) is 0 Å². The number of benzene rings is 1. The highest BCUT2D eigenvalue weighted by molar-refractivity contribution is 5.97. The first kappa shape index (κ1) is 14.0. The summed E-state index contributed by atoms with van der Waals surface area (Å²) in [5.74, 6) is -2.76. The fourth-order valence-electron chi connectivity index (χ4n) is 1.32. The van der Waals surface area contributed by atoms with Crippen molar-refractivity contribution < 1.29 is 18.4 Å². The minimum Gasteiger partial charge on any atom is -0.353 e. The molecule has 0 atom stereocenters. The molecule has 5 heteroatoms. The van der Waals surface area contributed by atoms with E-state index in [0.29, 0.717) is 6.54 Å². The Morgan fingerprint density at radius 1 is 1.22 bits per heavy atom. The monoisotopic (exact) mass is 253 g/mol. The molecular formula is C13H13F2NO2. The maximum atomic E-state index is 12.9. The van der Waals surface area contributed by atoms with Crippen molar-refractivity contribution in [3.63, 3.8) is 0 Å². The van der Waals surface area contributed by atoms with Crippen LogP contribution < -0.4 is 5.32 Å². The number of amides is 1. The summed E-state index contributed by atoms with van der Waals surface area (Å²) in [4.78, 5) is 22.8. The van der Waals surface area contributed by atoms with Gasteiger partial charge in [-0.1, -0.05) is 6.08 Å². The molecule has 1 aromatic carbocycles. The van der Waals surface area contributed by atoms with Crippen molar-refractivity contribution in [1.82, 2.24) is 5.32 Å². The highest BCUT2D eigenvalue weighted by atomic mass is 19.2. The van der Waals surface area contributed by atoms with Crippen molar-refractivity contribution in [2.24, 2.45) is 0 Å². The van der Waals surface area contributed by atoms with E-state index in [0.717, 1.165) is 12.1 Å². The van der Waals surface area contributed by atoms with Gasteiger partial charge in [0.1, 0.15) is 0 Å². The van der Waals surface area contributed by atoms with Gasteiger partial charge in [0.2, 0.25) is 5.91 Å². The number of hydrogen-bond acceptors (Lipinski definition) is 2. The second-order valence-electron chi connectivity index (χ2n) is 3.64. The maximum absolute atomic E-state index is 12.9. The number of carbonyl (C=O) groups is 2. The van der Waals surface area contributed by atoms with Gasteiger partial charge < -0.3 is 5.32 Å². The van der Waals surface area contributed by atoms with Gasteiger partial charge in [-0.15, -0.1) is 6.58 Å². The molecule has 1 aromatic rings. The molecule has 18 heavy (non-hydrogen) atoms. The molecule has 0 spiro atoms. The predicted octanol–water partition coefficient (Wildman–Crippen LogP) is 2.23. The molecule has 0 aromatic heterocycles. The van der Waals surface area contributed by atoms with Gasteiger partial charge in [0.25, 0.3) is 0 Å². The second kappa shape index (κ2) is 6.64. The van der Waals surface area contributed by atoms with Crippen LogP contribution in [0.2, 0.25) is 0 Å². The highest BCUT2D eigenvalue weighted by Gasteiger charge is 2.11. The van der Waals surface area contributed by atoms with Gasteiger partial charge in [0, 0.05) is 24.9 Å². The van der Waals surface area contributed by atoms with Crippen LogP contribution in [0.5, 0.6) is 0 Å². The lowest BCUT2D eigenvalue weighted by molar-refractivity contribution is -0.120. The smallest absolute Gasteiger partial charge is 0.220 e. The Morgan fingerprint density at radius 2 is 1.94 bits per heavy atom. The van der Waals surface area contributed by atoms with Gasteiger partial charge in [0.15, 0.2) is 17.4 Å². The van der Waals surface area contributed by atoms with Gasteiger partial charge in [0.05, 0.1) is 0 Å². The van der Waals surface area contributed by atoms with Crippen molar-refractivity contribution in [2.75, 3.05) is 6.54 Å². The van der Waals surface area contributed by atoms with E-state index in [2.05, 4.69) is 11.9 Å². The highest BCUT2D eigenvalue weighted by Crippen LogP contribution is 2.11. The van der Waals surface area contributed by atoms with E-state index < -0.39 is 17.4 Å². The van der Waals surface area contributed by atoms with Crippen LogP contribution in [-0.4, -0.2) is 18.2 Å². The zero-order chi connectivity index (χ0) is 13.5. The third-order valence-corrected chi connectivity index (χ3v) is 2.26. The van der Waals surface area contributed by atoms with Crippen LogP contribution in [0.4, 0.5) is 8.78 Å². The molecule has 0 saturated heterocycles. The maximum Gasteiger partial charge on any atom is 0.220 e. The normalized spacial score (nSPS) is 9.89. The van der Waals surface area contributed by atoms with Crippen molar-refractivity contribution in [1.29, 1.82) is 0 Å². The third kappa shape index (κ3) is 4.08. The number of ketones is 1. The van der Waals surface area contributed by atoms with Crippen LogP contribution >= 0.6 is 0 Å². The standard InChI is InChI=1S/C13H13F2NO2/c1-2-7-16-13(18)6-5-12(17)9-3-4-10(14)11(15)8-9/h2-4,8H,1,5-7H2,(H,16,18). The molecule has 1 amide bonds. The van der Waals surface area contributed by atoms with Crippen molar-refractivity contribution in [2.45, 2.75) is 12.8 Å². The van der Waals surface area contributed by atoms with E-state index >= 15 is 0 Å². The first-order valence-corrected chi connectivity index (χ1v) is 5.40. The minimum absolute atomic E-state index is 0.00562. The van der Waals surface area contributed by atoms with Crippen molar-refractivity contribution >= 4 is 11.7 Å². The molecule has 3 nitrogen and oxygen atoms in total. The number of halogens is 2. The number of carbonyl (C=O) groups excluding carboxylic acids is 2. The van der Waals surface area contributed by atoms with Gasteiger partial charge in [-0.3, -0.25) is 9.59 Å². The molecule has 0 aliphatic carbocycles. The van der Waals surface area contributed by atoms with E-state index in [1.165, 1.54) is 12.1 Å². The summed E-state index contributed by atoms with van der Waals surface area (Å²) in [6, 6.07) is 2.92.